The van der Waals surface area contributed by atoms with Gasteiger partial charge in [-0.15, -0.1) is 0 Å². The van der Waals surface area contributed by atoms with Gasteiger partial charge in [0, 0.05) is 12.3 Å². The van der Waals surface area contributed by atoms with Gasteiger partial charge in [0.2, 0.25) is 0 Å². The molecule has 0 aliphatic heterocycles. The summed E-state index contributed by atoms with van der Waals surface area (Å²) in [4.78, 5) is 10.0. The van der Waals surface area contributed by atoms with Crippen LogP contribution in [0.5, 0.6) is 0 Å². The lowest BCUT2D eigenvalue weighted by molar-refractivity contribution is -0.131. The van der Waals surface area contributed by atoms with Crippen LogP contribution in [0.15, 0.2) is 12.3 Å². The SMILES string of the molecule is O=C(O)/C=C/NC(CO)(CO)CO. The van der Waals surface area contributed by atoms with Gasteiger partial charge in [0.25, 0.3) is 0 Å². The molecular formula is C7H13NO5. The van der Waals surface area contributed by atoms with Crippen LogP contribution in [0.1, 0.15) is 0 Å². The number of nitrogens with one attached hydrogen (secondary N) is 1. The van der Waals surface area contributed by atoms with Crippen LogP contribution in [0, 0.1) is 0 Å². The van der Waals surface area contributed by atoms with Gasteiger partial charge in [-0.05, 0) is 0 Å². The van der Waals surface area contributed by atoms with Crippen LogP contribution in [0.3, 0.4) is 0 Å². The summed E-state index contributed by atoms with van der Waals surface area (Å²) < 4.78 is 0. The second kappa shape index (κ2) is 5.52. The quantitative estimate of drug-likeness (QED) is 0.307. The topological polar surface area (TPSA) is 110 Å². The third-order valence-corrected chi connectivity index (χ3v) is 1.52. The van der Waals surface area contributed by atoms with E-state index in [0.717, 1.165) is 12.3 Å². The highest BCUT2D eigenvalue weighted by Gasteiger charge is 2.25. The van der Waals surface area contributed by atoms with Gasteiger partial charge in [-0.1, -0.05) is 0 Å². The van der Waals surface area contributed by atoms with Crippen molar-refractivity contribution < 1.29 is 25.2 Å². The molecule has 0 fully saturated rings. The number of carbonyl (C=O) groups is 1. The van der Waals surface area contributed by atoms with Crippen LogP contribution in [-0.4, -0.2) is 51.8 Å². The Morgan fingerprint density at radius 3 is 2.00 bits per heavy atom. The highest BCUT2D eigenvalue weighted by molar-refractivity contribution is 5.79. The second-order valence-electron chi connectivity index (χ2n) is 2.57. The Bertz CT molecular complexity index is 179. The summed E-state index contributed by atoms with van der Waals surface area (Å²) in [5.41, 5.74) is -1.27. The minimum absolute atomic E-state index is 0.496. The number of hydrogen-bond acceptors (Lipinski definition) is 5. The average molecular weight is 191 g/mol. The summed E-state index contributed by atoms with van der Waals surface area (Å²) in [5.74, 6) is -1.16. The van der Waals surface area contributed by atoms with Crippen molar-refractivity contribution in [1.82, 2.24) is 5.32 Å². The Morgan fingerprint density at radius 2 is 1.69 bits per heavy atom. The van der Waals surface area contributed by atoms with E-state index in [9.17, 15) is 4.79 Å². The van der Waals surface area contributed by atoms with E-state index in [4.69, 9.17) is 20.4 Å². The molecule has 0 unspecified atom stereocenters. The number of carboxylic acid groups (broad SMARTS) is 1. The van der Waals surface area contributed by atoms with Crippen LogP contribution in [0.4, 0.5) is 0 Å². The molecule has 13 heavy (non-hydrogen) atoms. The summed E-state index contributed by atoms with van der Waals surface area (Å²) in [6.45, 7) is -1.49. The first-order chi connectivity index (χ1) is 6.10. The summed E-state index contributed by atoms with van der Waals surface area (Å²) in [5, 5.41) is 37.0. The molecule has 0 spiro atoms. The minimum atomic E-state index is -1.27. The van der Waals surface area contributed by atoms with Crippen molar-refractivity contribution in [2.45, 2.75) is 5.54 Å². The molecule has 0 heterocycles. The molecule has 0 saturated heterocycles. The zero-order valence-electron chi connectivity index (χ0n) is 6.97. The highest BCUT2D eigenvalue weighted by atomic mass is 16.4. The largest absolute Gasteiger partial charge is 0.478 e. The zero-order valence-corrected chi connectivity index (χ0v) is 6.97. The monoisotopic (exact) mass is 191 g/mol. The molecule has 0 radical (unpaired) electrons. The number of aliphatic carboxylic acids is 1. The van der Waals surface area contributed by atoms with Crippen molar-refractivity contribution in [3.05, 3.63) is 12.3 Å². The van der Waals surface area contributed by atoms with E-state index in [-0.39, 0.29) is 0 Å². The predicted octanol–water partition coefficient (Wildman–Crippen LogP) is -2.11. The number of hydrogen-bond donors (Lipinski definition) is 5. The normalized spacial score (nSPS) is 11.9. The molecule has 6 nitrogen and oxygen atoms in total. The average Bonchev–Trinajstić information content (AvgIpc) is 2.13. The van der Waals surface area contributed by atoms with Crippen LogP contribution in [0.2, 0.25) is 0 Å². The van der Waals surface area contributed by atoms with E-state index >= 15 is 0 Å². The summed E-state index contributed by atoms with van der Waals surface area (Å²) >= 11 is 0. The lowest BCUT2D eigenvalue weighted by Gasteiger charge is -2.27. The molecule has 0 aromatic rings. The molecule has 0 rings (SSSR count). The Labute approximate surface area is 75.1 Å². The van der Waals surface area contributed by atoms with E-state index in [1.807, 2.05) is 0 Å². The van der Waals surface area contributed by atoms with Gasteiger partial charge in [-0.25, -0.2) is 4.79 Å². The van der Waals surface area contributed by atoms with Gasteiger partial charge < -0.3 is 25.7 Å². The predicted molar refractivity (Wildman–Crippen MR) is 43.9 cm³/mol. The van der Waals surface area contributed by atoms with Gasteiger partial charge in [0.15, 0.2) is 0 Å². The molecule has 76 valence electrons. The molecule has 0 aliphatic rings. The fourth-order valence-corrected chi connectivity index (χ4v) is 0.577. The Balaban J connectivity index is 4.17. The molecule has 0 amide bonds. The molecular weight excluding hydrogens is 178 g/mol. The van der Waals surface area contributed by atoms with Gasteiger partial charge >= 0.3 is 5.97 Å². The van der Waals surface area contributed by atoms with Crippen molar-refractivity contribution in [3.63, 3.8) is 0 Å². The van der Waals surface area contributed by atoms with E-state index in [1.165, 1.54) is 0 Å². The highest BCUT2D eigenvalue weighted by Crippen LogP contribution is 2.00. The minimum Gasteiger partial charge on any atom is -0.478 e. The smallest absolute Gasteiger partial charge is 0.329 e. The van der Waals surface area contributed by atoms with Crippen molar-refractivity contribution in [2.75, 3.05) is 19.8 Å². The Morgan fingerprint density at radius 1 is 1.23 bits per heavy atom. The van der Waals surface area contributed by atoms with Crippen molar-refractivity contribution in [2.24, 2.45) is 0 Å². The molecule has 0 saturated carbocycles. The third-order valence-electron chi connectivity index (χ3n) is 1.52. The molecule has 6 heteroatoms. The van der Waals surface area contributed by atoms with Gasteiger partial charge in [0.1, 0.15) is 5.54 Å². The molecule has 0 bridgehead atoms. The molecule has 5 N–H and O–H groups in total. The Hall–Kier alpha value is -1.11. The summed E-state index contributed by atoms with van der Waals surface area (Å²) in [6.07, 6.45) is 1.85. The van der Waals surface area contributed by atoms with Crippen molar-refractivity contribution in [1.29, 1.82) is 0 Å². The molecule has 0 aromatic heterocycles. The fraction of sp³-hybridized carbons (Fsp3) is 0.571. The van der Waals surface area contributed by atoms with Crippen LogP contribution < -0.4 is 5.32 Å². The van der Waals surface area contributed by atoms with Gasteiger partial charge in [0.05, 0.1) is 19.8 Å². The zero-order chi connectivity index (χ0) is 10.3. The number of carboxylic acids is 1. The van der Waals surface area contributed by atoms with E-state index in [1.54, 1.807) is 0 Å². The first-order valence-electron chi connectivity index (χ1n) is 3.60. The Kier molecular flexibility index (Phi) is 5.05. The van der Waals surface area contributed by atoms with Crippen LogP contribution in [0.25, 0.3) is 0 Å². The maximum atomic E-state index is 10.0. The van der Waals surface area contributed by atoms with Gasteiger partial charge in [-0.3, -0.25) is 0 Å². The number of rotatable bonds is 6. The summed E-state index contributed by atoms with van der Waals surface area (Å²) in [7, 11) is 0. The standard InChI is InChI=1S/C7H13NO5/c9-3-7(4-10,5-11)8-2-1-6(12)13/h1-2,8-11H,3-5H2,(H,12,13)/b2-1+. The molecule has 0 aliphatic carbocycles. The number of aliphatic hydroxyl groups excluding tert-OH is 3. The van der Waals surface area contributed by atoms with Crippen LogP contribution >= 0.6 is 0 Å². The molecule has 0 aromatic carbocycles. The maximum absolute atomic E-state index is 10.0. The first kappa shape index (κ1) is 11.9. The number of aliphatic hydroxyl groups is 3. The fourth-order valence-electron chi connectivity index (χ4n) is 0.577. The summed E-state index contributed by atoms with van der Waals surface area (Å²) in [6, 6.07) is 0. The van der Waals surface area contributed by atoms with Crippen molar-refractivity contribution in [3.8, 4) is 0 Å². The maximum Gasteiger partial charge on any atom is 0.329 e. The third kappa shape index (κ3) is 3.88. The van der Waals surface area contributed by atoms with E-state index in [2.05, 4.69) is 5.32 Å². The van der Waals surface area contributed by atoms with Crippen molar-refractivity contribution >= 4 is 5.97 Å². The molecule has 0 atom stereocenters. The van der Waals surface area contributed by atoms with E-state index < -0.39 is 31.3 Å². The van der Waals surface area contributed by atoms with Gasteiger partial charge in [-0.2, -0.15) is 0 Å². The lowest BCUT2D eigenvalue weighted by Crippen LogP contribution is -2.52. The van der Waals surface area contributed by atoms with Crippen LogP contribution in [-0.2, 0) is 4.79 Å². The second-order valence-corrected chi connectivity index (χ2v) is 2.57. The van der Waals surface area contributed by atoms with E-state index in [0.29, 0.717) is 0 Å². The lowest BCUT2D eigenvalue weighted by atomic mass is 10.0. The first-order valence-corrected chi connectivity index (χ1v) is 3.60.